The van der Waals surface area contributed by atoms with Crippen molar-refractivity contribution < 1.29 is 9.59 Å². The number of carbonyl (C=O) groups is 2. The summed E-state index contributed by atoms with van der Waals surface area (Å²) in [5.74, 6) is 1.98. The van der Waals surface area contributed by atoms with Gasteiger partial charge in [-0.15, -0.1) is 0 Å². The molecule has 1 aromatic rings. The topological polar surface area (TPSA) is 55.9 Å². The van der Waals surface area contributed by atoms with Crippen molar-refractivity contribution in [1.29, 1.82) is 0 Å². The monoisotopic (exact) mass is 440 g/mol. The highest BCUT2D eigenvalue weighted by Crippen LogP contribution is 2.23. The number of nitrogens with zero attached hydrogens (tertiary/aromatic N) is 3. The zero-order valence-corrected chi connectivity index (χ0v) is 19.7. The Hall–Kier alpha value is -1.92. The van der Waals surface area contributed by atoms with Crippen molar-refractivity contribution in [2.45, 2.75) is 45.4 Å². The molecular weight excluding hydrogens is 400 g/mol. The molecule has 6 heteroatoms. The Kier molecular flexibility index (Phi) is 8.20. The number of benzene rings is 1. The number of para-hydroxylation sites is 1. The van der Waals surface area contributed by atoms with E-state index in [1.54, 1.807) is 0 Å². The highest BCUT2D eigenvalue weighted by molar-refractivity contribution is 5.92. The predicted octanol–water partition coefficient (Wildman–Crippen LogP) is 3.31. The van der Waals surface area contributed by atoms with E-state index in [2.05, 4.69) is 22.0 Å². The Labute approximate surface area is 193 Å². The van der Waals surface area contributed by atoms with Gasteiger partial charge in [0.1, 0.15) is 0 Å². The minimum Gasteiger partial charge on any atom is -0.342 e. The van der Waals surface area contributed by atoms with Gasteiger partial charge in [-0.25, -0.2) is 0 Å². The van der Waals surface area contributed by atoms with Gasteiger partial charge in [0.15, 0.2) is 0 Å². The number of likely N-dealkylation sites (tertiary alicyclic amines) is 3. The highest BCUT2D eigenvalue weighted by atomic mass is 16.2. The molecule has 2 amide bonds. The standard InChI is InChI=1S/C26H40N4O2/c1-21-7-13-28(14-8-21)19-22-9-15-29(16-10-22)20-25(31)30-17-11-23(12-18-30)26(32)27-24-5-3-2-4-6-24/h2-6,21-23H,7-20H2,1H3,(H,27,32). The average molecular weight is 441 g/mol. The van der Waals surface area contributed by atoms with Crippen LogP contribution < -0.4 is 5.32 Å². The van der Waals surface area contributed by atoms with E-state index in [0.717, 1.165) is 43.5 Å². The van der Waals surface area contributed by atoms with Crippen molar-refractivity contribution in [3.8, 4) is 0 Å². The lowest BCUT2D eigenvalue weighted by atomic mass is 9.93. The molecule has 1 aromatic carbocycles. The van der Waals surface area contributed by atoms with Crippen LogP contribution >= 0.6 is 0 Å². The molecule has 3 fully saturated rings. The van der Waals surface area contributed by atoms with Gasteiger partial charge in [0.05, 0.1) is 6.54 Å². The van der Waals surface area contributed by atoms with Gasteiger partial charge in [-0.3, -0.25) is 14.5 Å². The smallest absolute Gasteiger partial charge is 0.236 e. The van der Waals surface area contributed by atoms with Gasteiger partial charge in [-0.05, 0) is 88.7 Å². The van der Waals surface area contributed by atoms with Gasteiger partial charge < -0.3 is 15.1 Å². The SMILES string of the molecule is CC1CCN(CC2CCN(CC(=O)N3CCC(C(=O)Nc4ccccc4)CC3)CC2)CC1. The molecule has 3 heterocycles. The average Bonchev–Trinajstić information content (AvgIpc) is 2.82. The zero-order valence-electron chi connectivity index (χ0n) is 19.7. The minimum absolute atomic E-state index is 0.00669. The maximum absolute atomic E-state index is 12.8. The summed E-state index contributed by atoms with van der Waals surface area (Å²) in [4.78, 5) is 32.3. The lowest BCUT2D eigenvalue weighted by Crippen LogP contribution is -2.48. The van der Waals surface area contributed by atoms with Gasteiger partial charge in [0.2, 0.25) is 11.8 Å². The quantitative estimate of drug-likeness (QED) is 0.737. The van der Waals surface area contributed by atoms with Crippen molar-refractivity contribution in [1.82, 2.24) is 14.7 Å². The Bertz CT molecular complexity index is 731. The summed E-state index contributed by atoms with van der Waals surface area (Å²) in [6, 6.07) is 9.61. The summed E-state index contributed by atoms with van der Waals surface area (Å²) in [5, 5.41) is 3.00. The van der Waals surface area contributed by atoms with Gasteiger partial charge in [0.25, 0.3) is 0 Å². The molecule has 0 atom stereocenters. The molecule has 0 saturated carbocycles. The fourth-order valence-electron chi connectivity index (χ4n) is 5.39. The van der Waals surface area contributed by atoms with E-state index >= 15 is 0 Å². The van der Waals surface area contributed by atoms with E-state index in [-0.39, 0.29) is 17.7 Å². The molecule has 4 rings (SSSR count). The molecule has 0 unspecified atom stereocenters. The number of anilines is 1. The van der Waals surface area contributed by atoms with E-state index in [9.17, 15) is 9.59 Å². The molecule has 0 aromatic heterocycles. The molecule has 3 aliphatic heterocycles. The number of hydrogen-bond donors (Lipinski definition) is 1. The summed E-state index contributed by atoms with van der Waals surface area (Å²) < 4.78 is 0. The van der Waals surface area contributed by atoms with E-state index < -0.39 is 0 Å². The van der Waals surface area contributed by atoms with Crippen molar-refractivity contribution in [3.05, 3.63) is 30.3 Å². The van der Waals surface area contributed by atoms with Crippen molar-refractivity contribution >= 4 is 17.5 Å². The van der Waals surface area contributed by atoms with Crippen LogP contribution in [-0.2, 0) is 9.59 Å². The molecule has 0 spiro atoms. The third-order valence-corrected chi connectivity index (χ3v) is 7.72. The van der Waals surface area contributed by atoms with Crippen molar-refractivity contribution in [2.75, 3.05) is 57.7 Å². The first-order chi connectivity index (χ1) is 15.6. The zero-order chi connectivity index (χ0) is 22.3. The number of carbonyl (C=O) groups excluding carboxylic acids is 2. The van der Waals surface area contributed by atoms with E-state index in [1.807, 2.05) is 35.2 Å². The normalized spacial score (nSPS) is 22.7. The summed E-state index contributed by atoms with van der Waals surface area (Å²) in [6.07, 6.45) is 6.61. The summed E-state index contributed by atoms with van der Waals surface area (Å²) >= 11 is 0. The Morgan fingerprint density at radius 3 is 2.12 bits per heavy atom. The Morgan fingerprint density at radius 2 is 1.47 bits per heavy atom. The molecule has 0 bridgehead atoms. The molecule has 3 saturated heterocycles. The summed E-state index contributed by atoms with van der Waals surface area (Å²) in [6.45, 7) is 10.1. The Morgan fingerprint density at radius 1 is 0.844 bits per heavy atom. The molecule has 1 N–H and O–H groups in total. The fraction of sp³-hybridized carbons (Fsp3) is 0.692. The van der Waals surface area contributed by atoms with Crippen LogP contribution in [0.5, 0.6) is 0 Å². The molecule has 3 aliphatic rings. The van der Waals surface area contributed by atoms with E-state index in [4.69, 9.17) is 0 Å². The van der Waals surface area contributed by atoms with Gasteiger partial charge in [-0.2, -0.15) is 0 Å². The number of amides is 2. The summed E-state index contributed by atoms with van der Waals surface area (Å²) in [7, 11) is 0. The molecule has 6 nitrogen and oxygen atoms in total. The predicted molar refractivity (Wildman–Crippen MR) is 128 cm³/mol. The van der Waals surface area contributed by atoms with Crippen LogP contribution in [0.1, 0.15) is 45.4 Å². The summed E-state index contributed by atoms with van der Waals surface area (Å²) in [5.41, 5.74) is 0.842. The van der Waals surface area contributed by atoms with Crippen LogP contribution in [0.4, 0.5) is 5.69 Å². The number of hydrogen-bond acceptors (Lipinski definition) is 4. The highest BCUT2D eigenvalue weighted by Gasteiger charge is 2.29. The lowest BCUT2D eigenvalue weighted by molar-refractivity contribution is -0.135. The van der Waals surface area contributed by atoms with Crippen LogP contribution in [0.15, 0.2) is 30.3 Å². The fourth-order valence-corrected chi connectivity index (χ4v) is 5.39. The van der Waals surface area contributed by atoms with Crippen molar-refractivity contribution in [2.24, 2.45) is 17.8 Å². The Balaban J connectivity index is 1.13. The third-order valence-electron chi connectivity index (χ3n) is 7.72. The maximum Gasteiger partial charge on any atom is 0.236 e. The lowest BCUT2D eigenvalue weighted by Gasteiger charge is -2.38. The molecule has 32 heavy (non-hydrogen) atoms. The van der Waals surface area contributed by atoms with Gasteiger partial charge >= 0.3 is 0 Å². The maximum atomic E-state index is 12.8. The van der Waals surface area contributed by atoms with Crippen molar-refractivity contribution in [3.63, 3.8) is 0 Å². The van der Waals surface area contributed by atoms with E-state index in [1.165, 1.54) is 45.3 Å². The van der Waals surface area contributed by atoms with Crippen LogP contribution in [0.25, 0.3) is 0 Å². The third kappa shape index (κ3) is 6.55. The first-order valence-electron chi connectivity index (χ1n) is 12.6. The first kappa shape index (κ1) is 23.2. The number of rotatable bonds is 6. The second kappa shape index (κ2) is 11.3. The van der Waals surface area contributed by atoms with Crippen LogP contribution in [0.3, 0.4) is 0 Å². The van der Waals surface area contributed by atoms with Gasteiger partial charge in [-0.1, -0.05) is 25.1 Å². The largest absolute Gasteiger partial charge is 0.342 e. The van der Waals surface area contributed by atoms with Crippen LogP contribution in [0, 0.1) is 17.8 Å². The first-order valence-corrected chi connectivity index (χ1v) is 12.6. The molecular formula is C26H40N4O2. The molecule has 0 aliphatic carbocycles. The van der Waals surface area contributed by atoms with E-state index in [0.29, 0.717) is 19.6 Å². The van der Waals surface area contributed by atoms with Crippen LogP contribution in [0.2, 0.25) is 0 Å². The molecule has 0 radical (unpaired) electrons. The minimum atomic E-state index is -0.00669. The second-order valence-electron chi connectivity index (χ2n) is 10.2. The number of nitrogens with one attached hydrogen (secondary N) is 1. The second-order valence-corrected chi connectivity index (χ2v) is 10.2. The van der Waals surface area contributed by atoms with Gasteiger partial charge in [0, 0.05) is 31.2 Å². The molecule has 176 valence electrons. The van der Waals surface area contributed by atoms with Crippen LogP contribution in [-0.4, -0.2) is 78.9 Å². The number of piperidine rings is 3.